The van der Waals surface area contributed by atoms with Gasteiger partial charge in [-0.15, -0.1) is 0 Å². The van der Waals surface area contributed by atoms with E-state index < -0.39 is 0 Å². The number of pyridine rings is 1. The van der Waals surface area contributed by atoms with Crippen LogP contribution < -0.4 is 0 Å². The van der Waals surface area contributed by atoms with Gasteiger partial charge in [0.15, 0.2) is 0 Å². The number of H-pyrrole nitrogens is 1. The summed E-state index contributed by atoms with van der Waals surface area (Å²) >= 11 is 0. The molecule has 0 amide bonds. The first kappa shape index (κ1) is 11.7. The molecule has 2 heterocycles. The Hall–Kier alpha value is -2.42. The molecule has 0 radical (unpaired) electrons. The molecule has 1 N–H and O–H groups in total. The van der Waals surface area contributed by atoms with Crippen LogP contribution >= 0.6 is 0 Å². The zero-order valence-corrected chi connectivity index (χ0v) is 11.0. The van der Waals surface area contributed by atoms with E-state index >= 15 is 0 Å². The number of aromatic nitrogens is 3. The van der Waals surface area contributed by atoms with Crippen molar-refractivity contribution in [3.8, 4) is 22.6 Å². The largest absolute Gasteiger partial charge is 0.338 e. The fourth-order valence-corrected chi connectivity index (χ4v) is 2.07. The van der Waals surface area contributed by atoms with Gasteiger partial charge in [0.05, 0.1) is 11.9 Å². The van der Waals surface area contributed by atoms with E-state index in [2.05, 4.69) is 46.1 Å². The van der Waals surface area contributed by atoms with Gasteiger partial charge in [-0.25, -0.2) is 4.98 Å². The predicted octanol–water partition coefficient (Wildman–Crippen LogP) is 3.76. The molecule has 0 aliphatic rings. The zero-order valence-electron chi connectivity index (χ0n) is 11.0. The second-order valence-electron chi connectivity index (χ2n) is 4.65. The van der Waals surface area contributed by atoms with Crippen molar-refractivity contribution in [3.05, 3.63) is 60.0 Å². The van der Waals surface area contributed by atoms with E-state index in [1.165, 1.54) is 5.56 Å². The van der Waals surface area contributed by atoms with E-state index in [0.717, 1.165) is 28.3 Å². The fraction of sp³-hybridized carbons (Fsp3) is 0.125. The monoisotopic (exact) mass is 249 g/mol. The highest BCUT2D eigenvalue weighted by Gasteiger charge is 2.07. The molecule has 0 aliphatic carbocycles. The molecule has 3 aromatic rings. The Bertz CT molecular complexity index is 696. The van der Waals surface area contributed by atoms with E-state index in [0.29, 0.717) is 0 Å². The molecule has 1 aromatic carbocycles. The molecule has 0 bridgehead atoms. The molecule has 0 unspecified atom stereocenters. The van der Waals surface area contributed by atoms with Crippen LogP contribution in [0.15, 0.2) is 48.8 Å². The lowest BCUT2D eigenvalue weighted by molar-refractivity contribution is 1.17. The number of nitrogens with zero attached hydrogens (tertiary/aromatic N) is 2. The highest BCUT2D eigenvalue weighted by molar-refractivity contribution is 5.65. The Morgan fingerprint density at radius 3 is 2.47 bits per heavy atom. The fourth-order valence-electron chi connectivity index (χ4n) is 2.07. The first-order valence-corrected chi connectivity index (χ1v) is 6.28. The molecule has 3 heteroatoms. The molecule has 3 rings (SSSR count). The van der Waals surface area contributed by atoms with Gasteiger partial charge in [0.25, 0.3) is 0 Å². The van der Waals surface area contributed by atoms with Crippen LogP contribution in [0.2, 0.25) is 0 Å². The van der Waals surface area contributed by atoms with Gasteiger partial charge in [-0.05, 0) is 31.5 Å². The molecule has 2 aromatic heterocycles. The molecule has 94 valence electrons. The van der Waals surface area contributed by atoms with Gasteiger partial charge in [0.1, 0.15) is 5.82 Å². The summed E-state index contributed by atoms with van der Waals surface area (Å²) in [6, 6.07) is 12.4. The third-order valence-corrected chi connectivity index (χ3v) is 3.20. The number of aromatic amines is 1. The van der Waals surface area contributed by atoms with Crippen molar-refractivity contribution in [3.63, 3.8) is 0 Å². The third kappa shape index (κ3) is 2.27. The molecule has 3 nitrogen and oxygen atoms in total. The average molecular weight is 249 g/mol. The number of hydrogen-bond acceptors (Lipinski definition) is 2. The smallest absolute Gasteiger partial charge is 0.139 e. The predicted molar refractivity (Wildman–Crippen MR) is 76.7 cm³/mol. The number of hydrogen-bond donors (Lipinski definition) is 1. The van der Waals surface area contributed by atoms with Crippen LogP contribution in [0.5, 0.6) is 0 Å². The summed E-state index contributed by atoms with van der Waals surface area (Å²) in [5.41, 5.74) is 5.45. The summed E-state index contributed by atoms with van der Waals surface area (Å²) in [4.78, 5) is 12.1. The van der Waals surface area contributed by atoms with Gasteiger partial charge in [-0.1, -0.05) is 29.8 Å². The van der Waals surface area contributed by atoms with Gasteiger partial charge in [0.2, 0.25) is 0 Å². The maximum Gasteiger partial charge on any atom is 0.139 e. The maximum absolute atomic E-state index is 4.45. The molecule has 0 spiro atoms. The minimum absolute atomic E-state index is 0.862. The number of aryl methyl sites for hydroxylation is 2. The second kappa shape index (κ2) is 4.69. The van der Waals surface area contributed by atoms with Crippen LogP contribution in [0.3, 0.4) is 0 Å². The van der Waals surface area contributed by atoms with Crippen LogP contribution in [0.1, 0.15) is 11.3 Å². The average Bonchev–Trinajstić information content (AvgIpc) is 2.89. The molecule has 0 saturated carbocycles. The van der Waals surface area contributed by atoms with Crippen LogP contribution in [-0.4, -0.2) is 15.0 Å². The molecular weight excluding hydrogens is 234 g/mol. The van der Waals surface area contributed by atoms with Crippen molar-refractivity contribution in [2.45, 2.75) is 13.8 Å². The van der Waals surface area contributed by atoms with Gasteiger partial charge in [-0.3, -0.25) is 4.98 Å². The van der Waals surface area contributed by atoms with E-state index in [4.69, 9.17) is 0 Å². The summed E-state index contributed by atoms with van der Waals surface area (Å²) in [7, 11) is 0. The van der Waals surface area contributed by atoms with Gasteiger partial charge in [0, 0.05) is 17.5 Å². The quantitative estimate of drug-likeness (QED) is 0.751. The Morgan fingerprint density at radius 1 is 0.947 bits per heavy atom. The highest BCUT2D eigenvalue weighted by atomic mass is 14.9. The van der Waals surface area contributed by atoms with Crippen LogP contribution in [0, 0.1) is 13.8 Å². The minimum Gasteiger partial charge on any atom is -0.338 e. The molecule has 19 heavy (non-hydrogen) atoms. The van der Waals surface area contributed by atoms with E-state index in [-0.39, 0.29) is 0 Å². The summed E-state index contributed by atoms with van der Waals surface area (Å²) in [6.07, 6.45) is 3.66. The lowest BCUT2D eigenvalue weighted by Gasteiger charge is -2.01. The standard InChI is InChI=1S/C16H15N3/c1-11-5-7-13(8-6-11)15-10-18-16(19-15)14-4-3-9-17-12(14)2/h3-10H,1-2H3,(H,18,19). The lowest BCUT2D eigenvalue weighted by atomic mass is 10.1. The second-order valence-corrected chi connectivity index (χ2v) is 4.65. The highest BCUT2D eigenvalue weighted by Crippen LogP contribution is 2.23. The van der Waals surface area contributed by atoms with Gasteiger partial charge < -0.3 is 4.98 Å². The Kier molecular flexibility index (Phi) is 2.88. The third-order valence-electron chi connectivity index (χ3n) is 3.20. The van der Waals surface area contributed by atoms with Crippen molar-refractivity contribution in [1.82, 2.24) is 15.0 Å². The maximum atomic E-state index is 4.45. The first-order valence-electron chi connectivity index (χ1n) is 6.28. The number of rotatable bonds is 2. The molecule has 0 fully saturated rings. The normalized spacial score (nSPS) is 10.6. The molecular formula is C16H15N3. The number of nitrogens with one attached hydrogen (secondary N) is 1. The summed E-state index contributed by atoms with van der Waals surface area (Å²) < 4.78 is 0. The van der Waals surface area contributed by atoms with Gasteiger partial charge >= 0.3 is 0 Å². The lowest BCUT2D eigenvalue weighted by Crippen LogP contribution is -1.88. The molecule has 0 saturated heterocycles. The zero-order chi connectivity index (χ0) is 13.2. The van der Waals surface area contributed by atoms with E-state index in [1.54, 1.807) is 6.20 Å². The summed E-state index contributed by atoms with van der Waals surface area (Å²) in [5, 5.41) is 0. The number of imidazole rings is 1. The van der Waals surface area contributed by atoms with Crippen LogP contribution in [0.25, 0.3) is 22.6 Å². The van der Waals surface area contributed by atoms with E-state index in [9.17, 15) is 0 Å². The minimum atomic E-state index is 0.862. The first-order chi connectivity index (χ1) is 9.24. The molecule has 0 atom stereocenters. The van der Waals surface area contributed by atoms with Crippen molar-refractivity contribution in [2.75, 3.05) is 0 Å². The van der Waals surface area contributed by atoms with Crippen molar-refractivity contribution < 1.29 is 0 Å². The number of benzene rings is 1. The Balaban J connectivity index is 2.00. The van der Waals surface area contributed by atoms with Crippen LogP contribution in [0.4, 0.5) is 0 Å². The summed E-state index contributed by atoms with van der Waals surface area (Å²) in [5.74, 6) is 0.862. The summed E-state index contributed by atoms with van der Waals surface area (Å²) in [6.45, 7) is 4.07. The van der Waals surface area contributed by atoms with Crippen molar-refractivity contribution in [1.29, 1.82) is 0 Å². The van der Waals surface area contributed by atoms with Crippen molar-refractivity contribution in [2.24, 2.45) is 0 Å². The SMILES string of the molecule is Cc1ccc(-c2cnc(-c3cccnc3C)[nH]2)cc1. The van der Waals surface area contributed by atoms with Crippen LogP contribution in [-0.2, 0) is 0 Å². The Labute approximate surface area is 112 Å². The topological polar surface area (TPSA) is 41.6 Å². The van der Waals surface area contributed by atoms with E-state index in [1.807, 2.05) is 25.3 Å². The Morgan fingerprint density at radius 2 is 1.74 bits per heavy atom. The van der Waals surface area contributed by atoms with Crippen molar-refractivity contribution >= 4 is 0 Å². The van der Waals surface area contributed by atoms with Gasteiger partial charge in [-0.2, -0.15) is 0 Å². The molecule has 0 aliphatic heterocycles.